The quantitative estimate of drug-likeness (QED) is 0.736. The van der Waals surface area contributed by atoms with Crippen LogP contribution in [0.1, 0.15) is 15.2 Å². The van der Waals surface area contributed by atoms with Crippen LogP contribution in [0.15, 0.2) is 47.8 Å². The van der Waals surface area contributed by atoms with Crippen LogP contribution in [0.3, 0.4) is 0 Å². The molecule has 0 aliphatic carbocycles. The first kappa shape index (κ1) is 19.9. The molecule has 1 aromatic carbocycles. The van der Waals surface area contributed by atoms with Gasteiger partial charge in [0.25, 0.3) is 5.91 Å². The van der Waals surface area contributed by atoms with Crippen LogP contribution >= 0.6 is 23.1 Å². The van der Waals surface area contributed by atoms with Crippen molar-refractivity contribution in [2.24, 2.45) is 0 Å². The molecule has 1 N–H and O–H groups in total. The van der Waals surface area contributed by atoms with E-state index in [-0.39, 0.29) is 11.8 Å². The molecule has 1 aliphatic heterocycles. The second-order valence-corrected chi connectivity index (χ2v) is 8.37. The minimum absolute atomic E-state index is 0.00532. The number of hydrogen-bond donors (Lipinski definition) is 1. The Bertz CT molecular complexity index is 714. The largest absolute Gasteiger partial charge is 0.350 e. The van der Waals surface area contributed by atoms with Gasteiger partial charge in [0.2, 0.25) is 5.91 Å². The maximum atomic E-state index is 12.4. The molecule has 2 heterocycles. The molecule has 2 amide bonds. The van der Waals surface area contributed by atoms with E-state index in [9.17, 15) is 9.59 Å². The lowest BCUT2D eigenvalue weighted by Gasteiger charge is -2.34. The van der Waals surface area contributed by atoms with Gasteiger partial charge in [-0.05, 0) is 17.0 Å². The summed E-state index contributed by atoms with van der Waals surface area (Å²) in [6, 6.07) is 14.0. The fraction of sp³-hybridized carbons (Fsp3) is 0.400. The number of carbonyl (C=O) groups is 2. The van der Waals surface area contributed by atoms with Crippen LogP contribution in [0.5, 0.6) is 0 Å². The molecule has 0 saturated carbocycles. The number of rotatable bonds is 8. The van der Waals surface area contributed by atoms with E-state index in [0.29, 0.717) is 12.3 Å². The maximum absolute atomic E-state index is 12.4. The number of carbonyl (C=O) groups excluding carboxylic acids is 2. The number of nitrogens with zero attached hydrogens (tertiary/aromatic N) is 2. The van der Waals surface area contributed by atoms with Gasteiger partial charge in [-0.1, -0.05) is 36.4 Å². The Kier molecular flexibility index (Phi) is 7.74. The van der Waals surface area contributed by atoms with Gasteiger partial charge in [0.1, 0.15) is 0 Å². The topological polar surface area (TPSA) is 52.7 Å². The molecule has 0 unspecified atom stereocenters. The summed E-state index contributed by atoms with van der Waals surface area (Å²) in [5, 5.41) is 4.86. The van der Waals surface area contributed by atoms with Gasteiger partial charge in [-0.2, -0.15) is 0 Å². The Balaban J connectivity index is 1.29. The van der Waals surface area contributed by atoms with Gasteiger partial charge in [-0.3, -0.25) is 14.5 Å². The highest BCUT2D eigenvalue weighted by Gasteiger charge is 2.20. The summed E-state index contributed by atoms with van der Waals surface area (Å²) in [5.74, 6) is 1.62. The summed E-state index contributed by atoms with van der Waals surface area (Å²) in [6.45, 7) is 4.72. The number of benzene rings is 1. The zero-order valence-electron chi connectivity index (χ0n) is 15.3. The van der Waals surface area contributed by atoms with Crippen molar-refractivity contribution >= 4 is 34.9 Å². The summed E-state index contributed by atoms with van der Waals surface area (Å²) < 4.78 is 0. The van der Waals surface area contributed by atoms with Crippen molar-refractivity contribution < 1.29 is 9.59 Å². The van der Waals surface area contributed by atoms with E-state index >= 15 is 0 Å². The fourth-order valence-corrected chi connectivity index (χ4v) is 4.49. The van der Waals surface area contributed by atoms with Gasteiger partial charge < -0.3 is 10.2 Å². The molecule has 1 aliphatic rings. The third kappa shape index (κ3) is 6.37. The average Bonchev–Trinajstić information content (AvgIpc) is 3.24. The van der Waals surface area contributed by atoms with Crippen LogP contribution in [0.4, 0.5) is 0 Å². The number of piperazine rings is 1. The zero-order chi connectivity index (χ0) is 18.9. The maximum Gasteiger partial charge on any atom is 0.261 e. The molecule has 2 aromatic rings. The molecule has 1 aromatic heterocycles. The minimum Gasteiger partial charge on any atom is -0.350 e. The van der Waals surface area contributed by atoms with Crippen LogP contribution in [-0.4, -0.2) is 66.6 Å². The van der Waals surface area contributed by atoms with E-state index in [1.54, 1.807) is 11.8 Å². The molecule has 144 valence electrons. The molecule has 7 heteroatoms. The van der Waals surface area contributed by atoms with Gasteiger partial charge in [0.15, 0.2) is 0 Å². The van der Waals surface area contributed by atoms with Gasteiger partial charge in [0, 0.05) is 45.0 Å². The number of nitrogens with one attached hydrogen (secondary N) is 1. The van der Waals surface area contributed by atoms with Gasteiger partial charge in [-0.25, -0.2) is 0 Å². The molecule has 1 saturated heterocycles. The molecule has 5 nitrogen and oxygen atoms in total. The predicted molar refractivity (Wildman–Crippen MR) is 112 cm³/mol. The van der Waals surface area contributed by atoms with Crippen molar-refractivity contribution in [1.29, 1.82) is 0 Å². The van der Waals surface area contributed by atoms with Crippen molar-refractivity contribution in [1.82, 2.24) is 15.1 Å². The molecule has 27 heavy (non-hydrogen) atoms. The number of amides is 2. The first-order chi connectivity index (χ1) is 13.2. The molecular weight excluding hydrogens is 378 g/mol. The summed E-state index contributed by atoms with van der Waals surface area (Å²) >= 11 is 3.13. The normalized spacial score (nSPS) is 14.9. The van der Waals surface area contributed by atoms with E-state index in [1.807, 2.05) is 40.6 Å². The lowest BCUT2D eigenvalue weighted by Crippen LogP contribution is -2.50. The van der Waals surface area contributed by atoms with Crippen molar-refractivity contribution in [2.75, 3.05) is 45.0 Å². The number of thioether (sulfide) groups is 1. The first-order valence-corrected chi connectivity index (χ1v) is 11.2. The molecule has 3 rings (SSSR count). The zero-order valence-corrected chi connectivity index (χ0v) is 16.9. The Morgan fingerprint density at radius 2 is 1.81 bits per heavy atom. The summed E-state index contributed by atoms with van der Waals surface area (Å²) in [4.78, 5) is 29.3. The second-order valence-electron chi connectivity index (χ2n) is 6.43. The van der Waals surface area contributed by atoms with Gasteiger partial charge in [0.05, 0.1) is 10.6 Å². The van der Waals surface area contributed by atoms with Crippen molar-refractivity contribution in [2.45, 2.75) is 5.75 Å². The Morgan fingerprint density at radius 3 is 2.52 bits per heavy atom. The van der Waals surface area contributed by atoms with Gasteiger partial charge in [-0.15, -0.1) is 23.1 Å². The first-order valence-electron chi connectivity index (χ1n) is 9.16. The van der Waals surface area contributed by atoms with Crippen LogP contribution < -0.4 is 5.32 Å². The van der Waals surface area contributed by atoms with Crippen LogP contribution in [0, 0.1) is 0 Å². The summed E-state index contributed by atoms with van der Waals surface area (Å²) in [5.41, 5.74) is 1.25. The molecule has 0 radical (unpaired) electrons. The van der Waals surface area contributed by atoms with E-state index < -0.39 is 0 Å². The van der Waals surface area contributed by atoms with Crippen molar-refractivity contribution in [3.05, 3.63) is 58.3 Å². The van der Waals surface area contributed by atoms with E-state index in [1.165, 1.54) is 16.9 Å². The Hall–Kier alpha value is -1.83. The van der Waals surface area contributed by atoms with E-state index in [2.05, 4.69) is 22.3 Å². The smallest absolute Gasteiger partial charge is 0.261 e. The average molecular weight is 404 g/mol. The van der Waals surface area contributed by atoms with Crippen molar-refractivity contribution in [3.8, 4) is 0 Å². The Labute approximate surface area is 168 Å². The highest BCUT2D eigenvalue weighted by Crippen LogP contribution is 2.13. The van der Waals surface area contributed by atoms with Crippen LogP contribution in [-0.2, 0) is 10.5 Å². The lowest BCUT2D eigenvalue weighted by atomic mass is 10.2. The molecule has 0 atom stereocenters. The number of hydrogen-bond acceptors (Lipinski definition) is 5. The molecular formula is C20H25N3O2S2. The summed E-state index contributed by atoms with van der Waals surface area (Å²) in [7, 11) is 0. The second kappa shape index (κ2) is 10.5. The third-order valence-corrected chi connectivity index (χ3v) is 6.38. The van der Waals surface area contributed by atoms with E-state index in [0.717, 1.165) is 43.4 Å². The van der Waals surface area contributed by atoms with Crippen molar-refractivity contribution in [3.63, 3.8) is 0 Å². The van der Waals surface area contributed by atoms with Gasteiger partial charge >= 0.3 is 0 Å². The van der Waals surface area contributed by atoms with Crippen LogP contribution in [0.2, 0.25) is 0 Å². The predicted octanol–water partition coefficient (Wildman–Crippen LogP) is 2.56. The highest BCUT2D eigenvalue weighted by atomic mass is 32.2. The minimum atomic E-state index is -0.00532. The molecule has 0 spiro atoms. The Morgan fingerprint density at radius 1 is 1.04 bits per heavy atom. The van der Waals surface area contributed by atoms with Crippen LogP contribution in [0.25, 0.3) is 0 Å². The SMILES string of the molecule is O=C(NCCN1CCN(C(=O)CSCc2ccccc2)CC1)c1cccs1. The summed E-state index contributed by atoms with van der Waals surface area (Å²) in [6.07, 6.45) is 0. The standard InChI is InChI=1S/C20H25N3O2S2/c24-19(16-26-15-17-5-2-1-3-6-17)23-12-10-22(11-13-23)9-8-21-20(25)18-7-4-14-27-18/h1-7,14H,8-13,15-16H2,(H,21,25). The lowest BCUT2D eigenvalue weighted by molar-refractivity contribution is -0.130. The highest BCUT2D eigenvalue weighted by molar-refractivity contribution is 7.99. The van der Waals surface area contributed by atoms with E-state index in [4.69, 9.17) is 0 Å². The molecule has 0 bridgehead atoms. The monoisotopic (exact) mass is 403 g/mol. The fourth-order valence-electron chi connectivity index (χ4n) is 2.97. The number of thiophene rings is 1. The third-order valence-electron chi connectivity index (χ3n) is 4.52. The molecule has 1 fully saturated rings.